The number of nitrogens with one attached hydrogen (secondary N) is 2. The number of thiophene rings is 1. The molecule has 0 amide bonds. The summed E-state index contributed by atoms with van der Waals surface area (Å²) >= 11 is 1.69. The van der Waals surface area contributed by atoms with Crippen molar-refractivity contribution in [1.82, 2.24) is 15.6 Å². The van der Waals surface area contributed by atoms with E-state index >= 15 is 0 Å². The first-order chi connectivity index (χ1) is 10.3. The summed E-state index contributed by atoms with van der Waals surface area (Å²) in [4.78, 5) is 8.36. The van der Waals surface area contributed by atoms with Crippen molar-refractivity contribution >= 4 is 17.3 Å². The summed E-state index contributed by atoms with van der Waals surface area (Å²) in [5.41, 5.74) is 2.36. The van der Waals surface area contributed by atoms with Crippen LogP contribution in [-0.4, -0.2) is 24.6 Å². The van der Waals surface area contributed by atoms with E-state index in [9.17, 15) is 0 Å². The van der Waals surface area contributed by atoms with Gasteiger partial charge in [-0.2, -0.15) is 11.3 Å². The molecule has 0 bridgehead atoms. The fraction of sp³-hybridized carbons (Fsp3) is 0.333. The molecular formula is C15H20N4OS. The normalized spacial score (nSPS) is 11.2. The molecule has 6 heteroatoms. The van der Waals surface area contributed by atoms with Crippen molar-refractivity contribution in [1.29, 1.82) is 0 Å². The van der Waals surface area contributed by atoms with Gasteiger partial charge in [0.2, 0.25) is 5.88 Å². The molecule has 2 aromatic heterocycles. The number of pyridine rings is 1. The van der Waals surface area contributed by atoms with Crippen LogP contribution in [0.15, 0.2) is 40.1 Å². The molecule has 0 radical (unpaired) electrons. The van der Waals surface area contributed by atoms with E-state index in [4.69, 9.17) is 4.74 Å². The number of nitrogens with zero attached hydrogens (tertiary/aromatic N) is 2. The largest absolute Gasteiger partial charge is 0.478 e. The monoisotopic (exact) mass is 304 g/mol. The number of hydrogen-bond acceptors (Lipinski definition) is 4. The Morgan fingerprint density at radius 3 is 2.76 bits per heavy atom. The predicted molar refractivity (Wildman–Crippen MR) is 86.8 cm³/mol. The molecule has 2 N–H and O–H groups in total. The zero-order chi connectivity index (χ0) is 14.9. The second-order valence-corrected chi connectivity index (χ2v) is 5.13. The molecule has 2 aromatic rings. The summed E-state index contributed by atoms with van der Waals surface area (Å²) in [7, 11) is 1.77. The van der Waals surface area contributed by atoms with Crippen molar-refractivity contribution in [3.05, 3.63) is 46.3 Å². The maximum absolute atomic E-state index is 5.39. The average molecular weight is 304 g/mol. The van der Waals surface area contributed by atoms with E-state index in [-0.39, 0.29) is 0 Å². The van der Waals surface area contributed by atoms with Crippen molar-refractivity contribution in [2.45, 2.75) is 20.0 Å². The molecule has 0 aromatic carbocycles. The molecule has 0 aliphatic heterocycles. The maximum Gasteiger partial charge on any atom is 0.213 e. The van der Waals surface area contributed by atoms with E-state index in [2.05, 4.69) is 37.4 Å². The number of guanidine groups is 1. The lowest BCUT2D eigenvalue weighted by atomic mass is 10.2. The Kier molecular flexibility index (Phi) is 6.02. The fourth-order valence-corrected chi connectivity index (χ4v) is 2.44. The van der Waals surface area contributed by atoms with Crippen molar-refractivity contribution < 1.29 is 4.74 Å². The van der Waals surface area contributed by atoms with Crippen molar-refractivity contribution in [2.24, 2.45) is 4.99 Å². The minimum atomic E-state index is 0.619. The van der Waals surface area contributed by atoms with Gasteiger partial charge in [0.25, 0.3) is 0 Å². The first-order valence-electron chi connectivity index (χ1n) is 6.85. The number of rotatable bonds is 6. The molecule has 112 valence electrons. The van der Waals surface area contributed by atoms with E-state index in [1.807, 2.05) is 19.1 Å². The number of aromatic nitrogens is 1. The van der Waals surface area contributed by atoms with Gasteiger partial charge in [0, 0.05) is 32.4 Å². The van der Waals surface area contributed by atoms with Gasteiger partial charge in [-0.1, -0.05) is 0 Å². The summed E-state index contributed by atoms with van der Waals surface area (Å²) in [5.74, 6) is 1.42. The Morgan fingerprint density at radius 1 is 1.29 bits per heavy atom. The van der Waals surface area contributed by atoms with Gasteiger partial charge in [0.15, 0.2) is 5.96 Å². The standard InChI is InChI=1S/C15H20N4OS/c1-3-20-14-8-12(4-6-17-14)9-18-15(16-2)19-10-13-5-7-21-11-13/h4-8,11H,3,9-10H2,1-2H3,(H2,16,18,19). The van der Waals surface area contributed by atoms with Gasteiger partial charge in [-0.25, -0.2) is 4.98 Å². The lowest BCUT2D eigenvalue weighted by Crippen LogP contribution is -2.36. The smallest absolute Gasteiger partial charge is 0.213 e. The minimum absolute atomic E-state index is 0.619. The molecule has 0 unspecified atom stereocenters. The first-order valence-corrected chi connectivity index (χ1v) is 7.79. The summed E-state index contributed by atoms with van der Waals surface area (Å²) < 4.78 is 5.39. The van der Waals surface area contributed by atoms with Crippen LogP contribution in [0.1, 0.15) is 18.1 Å². The Labute approximate surface area is 129 Å². The third-order valence-corrected chi connectivity index (χ3v) is 3.55. The van der Waals surface area contributed by atoms with Crippen LogP contribution >= 0.6 is 11.3 Å². The van der Waals surface area contributed by atoms with Crippen LogP contribution in [-0.2, 0) is 13.1 Å². The second kappa shape index (κ2) is 8.26. The number of aliphatic imine (C=N–C) groups is 1. The van der Waals surface area contributed by atoms with Gasteiger partial charge in [0.05, 0.1) is 6.61 Å². The van der Waals surface area contributed by atoms with Gasteiger partial charge >= 0.3 is 0 Å². The summed E-state index contributed by atoms with van der Waals surface area (Å²) in [5, 5.41) is 10.7. The highest BCUT2D eigenvalue weighted by atomic mass is 32.1. The van der Waals surface area contributed by atoms with Crippen LogP contribution in [0.5, 0.6) is 5.88 Å². The Morgan fingerprint density at radius 2 is 2.10 bits per heavy atom. The molecule has 0 saturated carbocycles. The number of ether oxygens (including phenoxy) is 1. The molecule has 0 atom stereocenters. The quantitative estimate of drug-likeness (QED) is 0.635. The Bertz CT molecular complexity index is 569. The van der Waals surface area contributed by atoms with Crippen LogP contribution in [0, 0.1) is 0 Å². The predicted octanol–water partition coefficient (Wildman–Crippen LogP) is 2.41. The summed E-state index contributed by atoms with van der Waals surface area (Å²) in [6.07, 6.45) is 1.75. The van der Waals surface area contributed by atoms with Gasteiger partial charge in [-0.3, -0.25) is 4.99 Å². The third kappa shape index (κ3) is 5.07. The van der Waals surface area contributed by atoms with Gasteiger partial charge < -0.3 is 15.4 Å². The zero-order valence-electron chi connectivity index (χ0n) is 12.3. The molecule has 5 nitrogen and oxygen atoms in total. The molecule has 0 aliphatic carbocycles. The van der Waals surface area contributed by atoms with Gasteiger partial charge in [-0.05, 0) is 40.9 Å². The summed E-state index contributed by atoms with van der Waals surface area (Å²) in [6.45, 7) is 4.01. The van der Waals surface area contributed by atoms with E-state index < -0.39 is 0 Å². The third-order valence-electron chi connectivity index (χ3n) is 2.82. The molecule has 0 spiro atoms. The molecule has 21 heavy (non-hydrogen) atoms. The van der Waals surface area contributed by atoms with Crippen LogP contribution in [0.4, 0.5) is 0 Å². The number of hydrogen-bond donors (Lipinski definition) is 2. The lowest BCUT2D eigenvalue weighted by molar-refractivity contribution is 0.326. The average Bonchev–Trinajstić information content (AvgIpc) is 3.01. The highest BCUT2D eigenvalue weighted by molar-refractivity contribution is 7.07. The van der Waals surface area contributed by atoms with E-state index in [0.29, 0.717) is 19.0 Å². The van der Waals surface area contributed by atoms with Crippen LogP contribution in [0.25, 0.3) is 0 Å². The SMILES string of the molecule is CCOc1cc(CNC(=NC)NCc2ccsc2)ccn1. The molecule has 2 heterocycles. The van der Waals surface area contributed by atoms with Crippen LogP contribution in [0.2, 0.25) is 0 Å². The van der Waals surface area contributed by atoms with Crippen molar-refractivity contribution in [3.63, 3.8) is 0 Å². The minimum Gasteiger partial charge on any atom is -0.478 e. The summed E-state index contributed by atoms with van der Waals surface area (Å²) in [6, 6.07) is 5.99. The second-order valence-electron chi connectivity index (χ2n) is 4.35. The molecule has 0 aliphatic rings. The van der Waals surface area contributed by atoms with Gasteiger partial charge in [-0.15, -0.1) is 0 Å². The molecule has 0 saturated heterocycles. The van der Waals surface area contributed by atoms with Crippen LogP contribution < -0.4 is 15.4 Å². The Balaban J connectivity index is 1.83. The fourth-order valence-electron chi connectivity index (χ4n) is 1.77. The van der Waals surface area contributed by atoms with E-state index in [1.54, 1.807) is 24.6 Å². The molecule has 0 fully saturated rings. The highest BCUT2D eigenvalue weighted by Crippen LogP contribution is 2.09. The van der Waals surface area contributed by atoms with Gasteiger partial charge in [0.1, 0.15) is 0 Å². The van der Waals surface area contributed by atoms with E-state index in [0.717, 1.165) is 18.1 Å². The molecular weight excluding hydrogens is 284 g/mol. The zero-order valence-corrected chi connectivity index (χ0v) is 13.1. The molecule has 2 rings (SSSR count). The van der Waals surface area contributed by atoms with E-state index in [1.165, 1.54) is 5.56 Å². The van der Waals surface area contributed by atoms with Crippen LogP contribution in [0.3, 0.4) is 0 Å². The Hall–Kier alpha value is -2.08. The maximum atomic E-state index is 5.39. The lowest BCUT2D eigenvalue weighted by Gasteiger charge is -2.12. The topological polar surface area (TPSA) is 58.5 Å². The first kappa shape index (κ1) is 15.3. The van der Waals surface area contributed by atoms with Crippen molar-refractivity contribution in [2.75, 3.05) is 13.7 Å². The van der Waals surface area contributed by atoms with Crippen molar-refractivity contribution in [3.8, 4) is 5.88 Å². The highest BCUT2D eigenvalue weighted by Gasteiger charge is 2.01.